The molecule has 0 aromatic carbocycles. The van der Waals surface area contributed by atoms with Crippen LogP contribution in [0.3, 0.4) is 0 Å². The fraction of sp³-hybridized carbons (Fsp3) is 0.615. The van der Waals surface area contributed by atoms with E-state index in [0.29, 0.717) is 6.04 Å². The molecule has 100 valence electrons. The summed E-state index contributed by atoms with van der Waals surface area (Å²) in [4.78, 5) is 14.7. The Morgan fingerprint density at radius 2 is 2.50 bits per heavy atom. The minimum atomic E-state index is 0.0694. The molecule has 1 aromatic rings. The number of urea groups is 1. The van der Waals surface area contributed by atoms with Crippen molar-refractivity contribution in [2.75, 3.05) is 26.2 Å². The molecule has 0 radical (unpaired) electrons. The first kappa shape index (κ1) is 13.4. The second kappa shape index (κ2) is 6.75. The van der Waals surface area contributed by atoms with E-state index in [1.807, 2.05) is 4.90 Å². The molecule has 1 aliphatic heterocycles. The summed E-state index contributed by atoms with van der Waals surface area (Å²) < 4.78 is 0. The third kappa shape index (κ3) is 3.46. The van der Waals surface area contributed by atoms with Gasteiger partial charge in [0.25, 0.3) is 0 Å². The van der Waals surface area contributed by atoms with E-state index in [1.54, 1.807) is 11.3 Å². The van der Waals surface area contributed by atoms with Crippen LogP contribution in [0.2, 0.25) is 0 Å². The minimum absolute atomic E-state index is 0.0694. The summed E-state index contributed by atoms with van der Waals surface area (Å²) in [5, 5.41) is 8.50. The van der Waals surface area contributed by atoms with Crippen molar-refractivity contribution in [2.24, 2.45) is 0 Å². The number of nitrogens with zero attached hydrogens (tertiary/aromatic N) is 1. The number of thiophene rings is 1. The van der Waals surface area contributed by atoms with E-state index in [9.17, 15) is 4.79 Å². The maximum atomic E-state index is 11.4. The van der Waals surface area contributed by atoms with E-state index in [0.717, 1.165) is 32.6 Å². The normalized spacial score (nSPS) is 16.9. The minimum Gasteiger partial charge on any atom is -0.336 e. The van der Waals surface area contributed by atoms with E-state index in [-0.39, 0.29) is 6.03 Å². The summed E-state index contributed by atoms with van der Waals surface area (Å²) in [6, 6.07) is 4.78. The Hall–Kier alpha value is -1.07. The second-order valence-electron chi connectivity index (χ2n) is 4.53. The lowest BCUT2D eigenvalue weighted by Crippen LogP contribution is -2.35. The first-order valence-electron chi connectivity index (χ1n) is 6.61. The van der Waals surface area contributed by atoms with Crippen molar-refractivity contribution in [1.82, 2.24) is 15.5 Å². The Morgan fingerprint density at radius 1 is 1.61 bits per heavy atom. The second-order valence-corrected chi connectivity index (χ2v) is 5.51. The zero-order valence-electron chi connectivity index (χ0n) is 10.8. The summed E-state index contributed by atoms with van der Waals surface area (Å²) in [5.74, 6) is 0. The fourth-order valence-corrected chi connectivity index (χ4v) is 3.06. The molecular formula is C13H21N3OS. The molecule has 1 unspecified atom stereocenters. The number of hydrogen-bond acceptors (Lipinski definition) is 3. The van der Waals surface area contributed by atoms with Crippen LogP contribution in [-0.2, 0) is 0 Å². The van der Waals surface area contributed by atoms with Gasteiger partial charge in [0.15, 0.2) is 0 Å². The van der Waals surface area contributed by atoms with Gasteiger partial charge in [0.2, 0.25) is 0 Å². The van der Waals surface area contributed by atoms with E-state index >= 15 is 0 Å². The van der Waals surface area contributed by atoms with Gasteiger partial charge in [-0.25, -0.2) is 4.79 Å². The van der Waals surface area contributed by atoms with E-state index < -0.39 is 0 Å². The van der Waals surface area contributed by atoms with Gasteiger partial charge >= 0.3 is 6.03 Å². The van der Waals surface area contributed by atoms with Gasteiger partial charge in [-0.3, -0.25) is 0 Å². The van der Waals surface area contributed by atoms with Gasteiger partial charge in [-0.15, -0.1) is 11.3 Å². The highest BCUT2D eigenvalue weighted by Crippen LogP contribution is 2.22. The zero-order chi connectivity index (χ0) is 12.8. The van der Waals surface area contributed by atoms with Crippen LogP contribution >= 0.6 is 11.3 Å². The molecule has 5 heteroatoms. The molecule has 2 amide bonds. The third-order valence-corrected chi connectivity index (χ3v) is 4.17. The Bertz CT molecular complexity index is 366. The average Bonchev–Trinajstić information content (AvgIpc) is 3.00. The lowest BCUT2D eigenvalue weighted by molar-refractivity contribution is 0.217. The molecule has 0 spiro atoms. The van der Waals surface area contributed by atoms with Gasteiger partial charge < -0.3 is 15.5 Å². The number of carbonyl (C=O) groups excluding carboxylic acids is 1. The predicted molar refractivity (Wildman–Crippen MR) is 74.9 cm³/mol. The summed E-state index contributed by atoms with van der Waals surface area (Å²) in [5.41, 5.74) is 0. The smallest absolute Gasteiger partial charge is 0.317 e. The highest BCUT2D eigenvalue weighted by Gasteiger charge is 2.19. The van der Waals surface area contributed by atoms with Gasteiger partial charge in [0, 0.05) is 37.1 Å². The lowest BCUT2D eigenvalue weighted by Gasteiger charge is -2.19. The summed E-state index contributed by atoms with van der Waals surface area (Å²) in [6.07, 6.45) is 2.31. The molecule has 1 saturated heterocycles. The standard InChI is InChI=1S/C13H21N3OS/c1-2-4-11(12-5-3-10-18-12)14-6-8-16-9-7-15-13(16)17/h3,5,10-11,14H,2,4,6-9H2,1H3,(H,15,17). The van der Waals surface area contributed by atoms with Crippen molar-refractivity contribution in [3.8, 4) is 0 Å². The number of rotatable bonds is 7. The monoisotopic (exact) mass is 267 g/mol. The van der Waals surface area contributed by atoms with Crippen LogP contribution in [0.25, 0.3) is 0 Å². The summed E-state index contributed by atoms with van der Waals surface area (Å²) >= 11 is 1.80. The van der Waals surface area contributed by atoms with Crippen LogP contribution in [0.1, 0.15) is 30.7 Å². The van der Waals surface area contributed by atoms with E-state index in [1.165, 1.54) is 11.3 Å². The molecule has 2 rings (SSSR count). The summed E-state index contributed by atoms with van der Waals surface area (Å²) in [6.45, 7) is 5.46. The van der Waals surface area contributed by atoms with Crippen molar-refractivity contribution in [3.05, 3.63) is 22.4 Å². The van der Waals surface area contributed by atoms with Crippen LogP contribution in [0.15, 0.2) is 17.5 Å². The fourth-order valence-electron chi connectivity index (χ4n) is 2.22. The first-order chi connectivity index (χ1) is 8.81. The van der Waals surface area contributed by atoms with Crippen LogP contribution in [0.4, 0.5) is 4.79 Å². The molecule has 2 N–H and O–H groups in total. The topological polar surface area (TPSA) is 44.4 Å². The summed E-state index contributed by atoms with van der Waals surface area (Å²) in [7, 11) is 0. The van der Waals surface area contributed by atoms with Gasteiger partial charge in [0.1, 0.15) is 0 Å². The molecule has 4 nitrogen and oxygen atoms in total. The predicted octanol–water partition coefficient (Wildman–Crippen LogP) is 2.20. The maximum Gasteiger partial charge on any atom is 0.317 e. The first-order valence-corrected chi connectivity index (χ1v) is 7.48. The van der Waals surface area contributed by atoms with Gasteiger partial charge in [0.05, 0.1) is 0 Å². The number of nitrogens with one attached hydrogen (secondary N) is 2. The zero-order valence-corrected chi connectivity index (χ0v) is 11.6. The molecule has 0 bridgehead atoms. The van der Waals surface area contributed by atoms with Crippen LogP contribution in [0, 0.1) is 0 Å². The molecule has 2 heterocycles. The molecule has 0 saturated carbocycles. The van der Waals surface area contributed by atoms with Crippen molar-refractivity contribution < 1.29 is 4.79 Å². The number of carbonyl (C=O) groups is 1. The highest BCUT2D eigenvalue weighted by atomic mass is 32.1. The van der Waals surface area contributed by atoms with Crippen LogP contribution in [-0.4, -0.2) is 37.1 Å². The Morgan fingerprint density at radius 3 is 3.11 bits per heavy atom. The van der Waals surface area contributed by atoms with Crippen LogP contribution < -0.4 is 10.6 Å². The molecule has 1 aromatic heterocycles. The van der Waals surface area contributed by atoms with Gasteiger partial charge in [-0.1, -0.05) is 19.4 Å². The molecule has 1 fully saturated rings. The quantitative estimate of drug-likeness (QED) is 0.795. The Kier molecular flexibility index (Phi) is 5.01. The lowest BCUT2D eigenvalue weighted by atomic mass is 10.1. The molecule has 1 aliphatic rings. The third-order valence-electron chi connectivity index (χ3n) is 3.18. The number of hydrogen-bond donors (Lipinski definition) is 2. The highest BCUT2D eigenvalue weighted by molar-refractivity contribution is 7.10. The average molecular weight is 267 g/mol. The van der Waals surface area contributed by atoms with Crippen LogP contribution in [0.5, 0.6) is 0 Å². The van der Waals surface area contributed by atoms with Crippen molar-refractivity contribution in [2.45, 2.75) is 25.8 Å². The molecule has 0 aliphatic carbocycles. The van der Waals surface area contributed by atoms with Gasteiger partial charge in [-0.05, 0) is 17.9 Å². The van der Waals surface area contributed by atoms with Gasteiger partial charge in [-0.2, -0.15) is 0 Å². The largest absolute Gasteiger partial charge is 0.336 e. The molecular weight excluding hydrogens is 246 g/mol. The van der Waals surface area contributed by atoms with Crippen molar-refractivity contribution in [3.63, 3.8) is 0 Å². The number of amides is 2. The van der Waals surface area contributed by atoms with E-state index in [2.05, 4.69) is 35.1 Å². The maximum absolute atomic E-state index is 11.4. The molecule has 1 atom stereocenters. The van der Waals surface area contributed by atoms with Crippen molar-refractivity contribution in [1.29, 1.82) is 0 Å². The SMILES string of the molecule is CCCC(NCCN1CCNC1=O)c1cccs1. The van der Waals surface area contributed by atoms with E-state index in [4.69, 9.17) is 0 Å². The molecule has 18 heavy (non-hydrogen) atoms. The Balaban J connectivity index is 1.77. The Labute approximate surface area is 112 Å². The van der Waals surface area contributed by atoms with Crippen molar-refractivity contribution >= 4 is 17.4 Å².